The van der Waals surface area contributed by atoms with E-state index in [-0.39, 0.29) is 6.61 Å². The molecule has 0 aliphatic carbocycles. The zero-order valence-corrected chi connectivity index (χ0v) is 15.5. The van der Waals surface area contributed by atoms with E-state index in [1.807, 2.05) is 0 Å². The number of nitrogens with one attached hydrogen (secondary N) is 1. The quantitative estimate of drug-likeness (QED) is 0.359. The molecule has 2 saturated heterocycles. The first-order valence-corrected chi connectivity index (χ1v) is 10.3. The number of rotatable bonds is 4. The van der Waals surface area contributed by atoms with E-state index in [1.54, 1.807) is 0 Å². The summed E-state index contributed by atoms with van der Waals surface area (Å²) in [6.45, 7) is 4.19. The van der Waals surface area contributed by atoms with Crippen molar-refractivity contribution in [1.82, 2.24) is 4.13 Å². The number of morpholine rings is 2. The molecule has 0 radical (unpaired) electrons. The van der Waals surface area contributed by atoms with E-state index in [0.717, 1.165) is 17.6 Å². The molecule has 0 amide bonds. The summed E-state index contributed by atoms with van der Waals surface area (Å²) < 4.78 is 120. The van der Waals surface area contributed by atoms with Crippen LogP contribution in [-0.2, 0) is 29.5 Å². The van der Waals surface area contributed by atoms with Gasteiger partial charge in [0.1, 0.15) is 32.8 Å². The Labute approximate surface area is 155 Å². The van der Waals surface area contributed by atoms with Crippen LogP contribution in [0.1, 0.15) is 0 Å². The molecule has 2 heterocycles. The van der Waals surface area contributed by atoms with Crippen molar-refractivity contribution in [2.24, 2.45) is 5.73 Å². The average Bonchev–Trinajstić information content (AvgIpc) is 2.43. The number of quaternary nitrogens is 1. The molecular weight excluding hydrogens is 452 g/mol. The normalized spacial score (nSPS) is 29.0. The van der Waals surface area contributed by atoms with Crippen molar-refractivity contribution in [2.45, 2.75) is 16.9 Å². The molecule has 0 atom stereocenters. The zero-order chi connectivity index (χ0) is 22.1. The largest absolute Gasteiger partial charge is 0.850 e. The summed E-state index contributed by atoms with van der Waals surface area (Å²) in [5.74, 6) is -0.925. The van der Waals surface area contributed by atoms with E-state index >= 15 is 0 Å². The van der Waals surface area contributed by atoms with E-state index in [1.165, 1.54) is 0 Å². The molecule has 0 spiro atoms. The van der Waals surface area contributed by atoms with Crippen molar-refractivity contribution in [2.75, 3.05) is 46.0 Å². The van der Waals surface area contributed by atoms with Gasteiger partial charge >= 0.3 is 31.1 Å². The fourth-order valence-corrected chi connectivity index (χ4v) is 4.34. The van der Waals surface area contributed by atoms with Crippen molar-refractivity contribution in [3.8, 4) is 0 Å². The minimum absolute atomic E-state index is 0.0456. The summed E-state index contributed by atoms with van der Waals surface area (Å²) in [4.78, 5) is 0. The number of fused-ring (bicyclic) bond motifs is 2. The number of nitrogens with zero attached hydrogens (tertiary/aromatic N) is 1. The van der Waals surface area contributed by atoms with Gasteiger partial charge in [0, 0.05) is 0 Å². The van der Waals surface area contributed by atoms with Crippen LogP contribution in [0.15, 0.2) is 0 Å². The predicted octanol–water partition coefficient (Wildman–Crippen LogP) is -1.89. The number of nitrogens with two attached hydrogens (primary N) is 1. The van der Waals surface area contributed by atoms with E-state index in [0.29, 0.717) is 26.3 Å². The molecule has 10 nitrogen and oxygen atoms in total. The van der Waals surface area contributed by atoms with Crippen LogP contribution in [0.4, 0.5) is 26.3 Å². The van der Waals surface area contributed by atoms with Crippen LogP contribution in [0.3, 0.4) is 0 Å². The number of sulfonamides is 2. The Kier molecular flexibility index (Phi) is 7.37. The molecule has 28 heavy (non-hydrogen) atoms. The molecule has 2 rings (SSSR count). The Morgan fingerprint density at radius 1 is 0.964 bits per heavy atom. The third-order valence-electron chi connectivity index (χ3n) is 3.77. The molecule has 2 fully saturated rings. The van der Waals surface area contributed by atoms with E-state index in [9.17, 15) is 48.3 Å². The Morgan fingerprint density at radius 3 is 1.68 bits per heavy atom. The van der Waals surface area contributed by atoms with Crippen LogP contribution in [0, 0.1) is 0 Å². The highest BCUT2D eigenvalue weighted by Crippen LogP contribution is 2.27. The molecule has 3 N–H and O–H groups in total. The van der Waals surface area contributed by atoms with Gasteiger partial charge in [0.2, 0.25) is 0 Å². The number of halogens is 6. The highest BCUT2D eigenvalue weighted by atomic mass is 32.3. The fraction of sp³-hybridized carbons (Fsp3) is 1.00. The van der Waals surface area contributed by atoms with Crippen LogP contribution in [-0.4, -0.2) is 84.2 Å². The molecule has 2 aliphatic rings. The maximum atomic E-state index is 11.5. The SMILES string of the molecule is NC12C[N+](CC[O-])(CCO1)CCO2.O=S(=O)(NS(=O)(=O)C(F)(F)F)C(F)(F)F. The molecular formula is C10H17F6N3O7S2. The van der Waals surface area contributed by atoms with E-state index in [4.69, 9.17) is 15.2 Å². The maximum absolute atomic E-state index is 11.5. The Hall–Kier alpha value is -0.760. The van der Waals surface area contributed by atoms with Gasteiger partial charge in [-0.3, -0.25) is 5.73 Å². The minimum atomic E-state index is -6.60. The van der Waals surface area contributed by atoms with Crippen LogP contribution in [0.2, 0.25) is 0 Å². The lowest BCUT2D eigenvalue weighted by atomic mass is 10.2. The highest BCUT2D eigenvalue weighted by Gasteiger charge is 2.55. The van der Waals surface area contributed by atoms with Crippen LogP contribution < -0.4 is 15.0 Å². The second kappa shape index (κ2) is 8.17. The number of ether oxygens (including phenoxy) is 2. The molecule has 18 heteroatoms. The molecule has 2 aliphatic heterocycles. The van der Waals surface area contributed by atoms with E-state index < -0.39 is 41.1 Å². The minimum Gasteiger partial charge on any atom is -0.850 e. The standard InChI is InChI=1S/C8H16N2O3.C2HF6NO4S2/c9-8-7-10(1-4-11,2-5-12-8)3-6-13-8;3-1(4,5)14(10,11)9-15(12,13)2(6,7)8/h1-7,9H2;9H. The third-order valence-corrected chi connectivity index (χ3v) is 6.75. The third kappa shape index (κ3) is 6.12. The molecule has 0 aromatic rings. The van der Waals surface area contributed by atoms with Crippen LogP contribution >= 0.6 is 0 Å². The summed E-state index contributed by atoms with van der Waals surface area (Å²) in [7, 11) is -13.2. The summed E-state index contributed by atoms with van der Waals surface area (Å²) >= 11 is 0. The fourth-order valence-electron chi connectivity index (χ4n) is 2.43. The summed E-state index contributed by atoms with van der Waals surface area (Å²) in [6.07, 6.45) is 0. The zero-order valence-electron chi connectivity index (χ0n) is 13.9. The molecule has 2 bridgehead atoms. The molecule has 0 aromatic heterocycles. The highest BCUT2D eigenvalue weighted by molar-refractivity contribution is 8.05. The second-order valence-corrected chi connectivity index (χ2v) is 9.47. The van der Waals surface area contributed by atoms with Gasteiger partial charge in [0.25, 0.3) is 5.91 Å². The van der Waals surface area contributed by atoms with Gasteiger partial charge in [0.15, 0.2) is 0 Å². The molecule has 0 unspecified atom stereocenters. The summed E-state index contributed by atoms with van der Waals surface area (Å²) in [5, 5.41) is 10.7. The van der Waals surface area contributed by atoms with Crippen molar-refractivity contribution in [3.63, 3.8) is 0 Å². The smallest absolute Gasteiger partial charge is 0.512 e. The number of alkyl halides is 6. The topological polar surface area (TPSA) is 148 Å². The molecule has 168 valence electrons. The van der Waals surface area contributed by atoms with Crippen molar-refractivity contribution < 1.29 is 62.2 Å². The van der Waals surface area contributed by atoms with Gasteiger partial charge in [-0.15, -0.1) is 0 Å². The lowest BCUT2D eigenvalue weighted by Crippen LogP contribution is -2.72. The lowest BCUT2D eigenvalue weighted by Gasteiger charge is -2.51. The van der Waals surface area contributed by atoms with Gasteiger partial charge < -0.3 is 19.1 Å². The first-order chi connectivity index (χ1) is 12.4. The number of hydrogen-bond acceptors (Lipinski definition) is 8. The van der Waals surface area contributed by atoms with Crippen molar-refractivity contribution >= 4 is 20.0 Å². The van der Waals surface area contributed by atoms with Gasteiger partial charge in [-0.05, 0) is 0 Å². The first-order valence-electron chi connectivity index (χ1n) is 7.30. The molecule has 0 saturated carbocycles. The van der Waals surface area contributed by atoms with Crippen LogP contribution in [0.5, 0.6) is 0 Å². The Bertz CT molecular complexity index is 695. The van der Waals surface area contributed by atoms with Gasteiger partial charge in [-0.1, -0.05) is 10.7 Å². The summed E-state index contributed by atoms with van der Waals surface area (Å²) in [6, 6.07) is 0. The lowest BCUT2D eigenvalue weighted by molar-refractivity contribution is -0.960. The van der Waals surface area contributed by atoms with E-state index in [2.05, 4.69) is 0 Å². The predicted molar refractivity (Wildman–Crippen MR) is 76.5 cm³/mol. The van der Waals surface area contributed by atoms with Crippen molar-refractivity contribution in [1.29, 1.82) is 0 Å². The Morgan fingerprint density at radius 2 is 1.36 bits per heavy atom. The molecule has 0 aromatic carbocycles. The Balaban J connectivity index is 0.000000281. The van der Waals surface area contributed by atoms with Crippen LogP contribution in [0.25, 0.3) is 0 Å². The van der Waals surface area contributed by atoms with Gasteiger partial charge in [-0.2, -0.15) is 26.3 Å². The first kappa shape index (κ1) is 25.3. The summed E-state index contributed by atoms with van der Waals surface area (Å²) in [5.41, 5.74) is -6.44. The maximum Gasteiger partial charge on any atom is 0.512 e. The van der Waals surface area contributed by atoms with Gasteiger partial charge in [0.05, 0.1) is 6.54 Å². The second-order valence-electron chi connectivity index (χ2n) is 5.87. The monoisotopic (exact) mass is 469 g/mol. The number of hydrogen-bond donors (Lipinski definition) is 2. The van der Waals surface area contributed by atoms with Gasteiger partial charge in [-0.25, -0.2) is 16.8 Å². The average molecular weight is 469 g/mol. The van der Waals surface area contributed by atoms with Crippen molar-refractivity contribution in [3.05, 3.63) is 0 Å².